The van der Waals surface area contributed by atoms with Crippen LogP contribution in [0.2, 0.25) is 0 Å². The third-order valence-corrected chi connectivity index (χ3v) is 11.4. The number of carbonyl (C=O) groups excluding carboxylic acids is 4. The van der Waals surface area contributed by atoms with E-state index in [1.165, 1.54) is 4.90 Å². The van der Waals surface area contributed by atoms with Crippen LogP contribution in [-0.4, -0.2) is 95.1 Å². The lowest BCUT2D eigenvalue weighted by atomic mass is 9.70. The summed E-state index contributed by atoms with van der Waals surface area (Å²) < 4.78 is 13.0. The molecule has 2 bridgehead atoms. The van der Waals surface area contributed by atoms with Crippen LogP contribution in [0.4, 0.5) is 11.4 Å². The Labute approximate surface area is 315 Å². The summed E-state index contributed by atoms with van der Waals surface area (Å²) in [6.45, 7) is 15.3. The zero-order valence-corrected chi connectivity index (χ0v) is 31.9. The van der Waals surface area contributed by atoms with Crippen molar-refractivity contribution < 1.29 is 33.8 Å². The van der Waals surface area contributed by atoms with Gasteiger partial charge in [-0.3, -0.25) is 19.2 Å². The Bertz CT molecular complexity index is 1600. The van der Waals surface area contributed by atoms with Crippen molar-refractivity contribution in [3.05, 3.63) is 85.5 Å². The molecule has 2 N–H and O–H groups in total. The van der Waals surface area contributed by atoms with Gasteiger partial charge in [-0.15, -0.1) is 13.2 Å². The highest BCUT2D eigenvalue weighted by molar-refractivity contribution is 9.09. The third kappa shape index (κ3) is 7.56. The molecule has 3 saturated heterocycles. The van der Waals surface area contributed by atoms with E-state index in [9.17, 15) is 24.3 Å². The number of rotatable bonds is 18. The minimum atomic E-state index is -1.32. The number of ether oxygens (including phenoxy) is 2. The second-order valence-corrected chi connectivity index (χ2v) is 14.8. The van der Waals surface area contributed by atoms with Gasteiger partial charge in [0.25, 0.3) is 5.91 Å². The van der Waals surface area contributed by atoms with Gasteiger partial charge in [-0.25, -0.2) is 0 Å². The first kappa shape index (κ1) is 39.2. The minimum Gasteiger partial charge on any atom is -0.455 e. The molecule has 0 aliphatic carbocycles. The summed E-state index contributed by atoms with van der Waals surface area (Å²) in [6.07, 6.45) is 3.04. The molecule has 3 amide bonds. The van der Waals surface area contributed by atoms with Gasteiger partial charge in [-0.2, -0.15) is 0 Å². The number of likely N-dealkylation sites (tertiary alicyclic amines) is 1. The maximum Gasteiger partial charge on any atom is 0.313 e. The Hall–Kier alpha value is -4.00. The second-order valence-electron chi connectivity index (χ2n) is 13.7. The maximum atomic E-state index is 14.9. The van der Waals surface area contributed by atoms with Gasteiger partial charge in [0.15, 0.2) is 0 Å². The lowest BCUT2D eigenvalue weighted by Crippen LogP contribution is -2.57. The number of esters is 1. The molecule has 2 aromatic carbocycles. The fourth-order valence-corrected chi connectivity index (χ4v) is 9.07. The van der Waals surface area contributed by atoms with Crippen molar-refractivity contribution in [2.24, 2.45) is 11.8 Å². The zero-order chi connectivity index (χ0) is 37.6. The summed E-state index contributed by atoms with van der Waals surface area (Å²) in [4.78, 5) is 61.5. The third-order valence-electron chi connectivity index (χ3n) is 10.5. The van der Waals surface area contributed by atoms with Crippen molar-refractivity contribution in [3.63, 3.8) is 0 Å². The number of nitrogens with zero attached hydrogens (tertiary/aromatic N) is 3. The minimum absolute atomic E-state index is 0.107. The van der Waals surface area contributed by atoms with E-state index in [-0.39, 0.29) is 55.1 Å². The molecule has 1 unspecified atom stereocenters. The molecular weight excluding hydrogens is 728 g/mol. The van der Waals surface area contributed by atoms with Gasteiger partial charge in [0.1, 0.15) is 17.7 Å². The van der Waals surface area contributed by atoms with Gasteiger partial charge in [-0.1, -0.05) is 58.4 Å². The second kappa shape index (κ2) is 17.2. The average molecular weight is 780 g/mol. The predicted molar refractivity (Wildman–Crippen MR) is 204 cm³/mol. The Morgan fingerprint density at radius 2 is 1.77 bits per heavy atom. The first-order valence-corrected chi connectivity index (χ1v) is 19.1. The van der Waals surface area contributed by atoms with Gasteiger partial charge in [0.05, 0.1) is 24.0 Å². The molecule has 3 aliphatic rings. The molecule has 5 rings (SSSR count). The first-order valence-electron chi connectivity index (χ1n) is 18.2. The van der Waals surface area contributed by atoms with Crippen molar-refractivity contribution in [1.82, 2.24) is 10.2 Å². The Morgan fingerprint density at radius 1 is 1.10 bits per heavy atom. The molecule has 0 saturated carbocycles. The standard InChI is InChI=1S/C40H51BrN4O7/c1-6-10-17-31(47)42-26(5)34(27-15-12-11-13-16-27)51-39(50)32-33-37(48)45(23-14-24-46)36(40(33)25-30(41)35(32)52-40)38(49)44(22-7-2)29-20-18-28(19-21-29)43(8-3)9-4/h6-7,11-13,15-16,18-21,26,30,32-36,46H,1-2,8-10,14,17,22-25H2,3-5H3,(H,42,47)/t26-,30?,32+,33-,34-,35+,36+,40-/m0/s1. The first-order chi connectivity index (χ1) is 25.1. The van der Waals surface area contributed by atoms with Crippen LogP contribution in [0.3, 0.4) is 0 Å². The summed E-state index contributed by atoms with van der Waals surface area (Å²) in [5.74, 6) is -3.58. The molecule has 8 atom stereocenters. The van der Waals surface area contributed by atoms with Crippen LogP contribution in [0.1, 0.15) is 58.1 Å². The van der Waals surface area contributed by atoms with E-state index in [1.807, 2.05) is 54.6 Å². The number of carbonyl (C=O) groups is 4. The molecule has 12 heteroatoms. The number of allylic oxidation sites excluding steroid dienone is 1. The highest BCUT2D eigenvalue weighted by Gasteiger charge is 2.77. The quantitative estimate of drug-likeness (QED) is 0.124. The number of hydrogen-bond donors (Lipinski definition) is 2. The van der Waals surface area contributed by atoms with Crippen LogP contribution >= 0.6 is 15.9 Å². The summed E-state index contributed by atoms with van der Waals surface area (Å²) in [5, 5.41) is 12.8. The molecule has 0 radical (unpaired) electrons. The molecule has 2 aromatic rings. The van der Waals surface area contributed by atoms with E-state index < -0.39 is 47.7 Å². The number of aliphatic hydroxyl groups is 1. The number of benzene rings is 2. The molecular formula is C40H51BrN4O7. The Balaban J connectivity index is 1.48. The number of amides is 3. The summed E-state index contributed by atoms with van der Waals surface area (Å²) >= 11 is 3.74. The van der Waals surface area contributed by atoms with Crippen molar-refractivity contribution in [2.75, 3.05) is 42.6 Å². The number of anilines is 2. The van der Waals surface area contributed by atoms with Gasteiger partial charge >= 0.3 is 5.97 Å². The van der Waals surface area contributed by atoms with E-state index in [2.05, 4.69) is 53.2 Å². The molecule has 0 aromatic heterocycles. The summed E-state index contributed by atoms with van der Waals surface area (Å²) in [5.41, 5.74) is 1.03. The van der Waals surface area contributed by atoms with E-state index >= 15 is 0 Å². The molecule has 1 spiro atoms. The SMILES string of the molecule is C=CCCC(=O)N[C@@H](C)[C@H](OC(=O)[C@H]1[C@@H]2O[C@@]3(CC2Br)[C@@H]1C(=O)N(CCCO)[C@@H]3C(=O)N(CC=C)c1ccc(N(CC)CC)cc1)c1ccccc1. The number of aliphatic hydroxyl groups excluding tert-OH is 1. The monoisotopic (exact) mass is 778 g/mol. The van der Waals surface area contributed by atoms with E-state index in [0.717, 1.165) is 18.8 Å². The molecule has 3 aliphatic heterocycles. The average Bonchev–Trinajstić information content (AvgIpc) is 3.74. The predicted octanol–water partition coefficient (Wildman–Crippen LogP) is 4.94. The van der Waals surface area contributed by atoms with Gasteiger partial charge in [0.2, 0.25) is 11.8 Å². The summed E-state index contributed by atoms with van der Waals surface area (Å²) in [6, 6.07) is 15.2. The number of nitrogens with one attached hydrogen (secondary N) is 1. The number of halogens is 1. The van der Waals surface area contributed by atoms with E-state index in [1.54, 1.807) is 24.0 Å². The fraction of sp³-hybridized carbons (Fsp3) is 0.500. The normalized spacial score (nSPS) is 25.6. The topological polar surface area (TPSA) is 129 Å². The van der Waals surface area contributed by atoms with Crippen LogP contribution in [0.5, 0.6) is 0 Å². The number of alkyl halides is 1. The number of hydrogen-bond acceptors (Lipinski definition) is 8. The fourth-order valence-electron chi connectivity index (χ4n) is 8.13. The van der Waals surface area contributed by atoms with Crippen LogP contribution < -0.4 is 15.1 Å². The van der Waals surface area contributed by atoms with Crippen molar-refractivity contribution >= 4 is 51.0 Å². The molecule has 52 heavy (non-hydrogen) atoms. The van der Waals surface area contributed by atoms with Gasteiger partial charge < -0.3 is 34.6 Å². The molecule has 3 heterocycles. The van der Waals surface area contributed by atoms with Crippen LogP contribution in [-0.2, 0) is 28.7 Å². The highest BCUT2D eigenvalue weighted by atomic mass is 79.9. The zero-order valence-electron chi connectivity index (χ0n) is 30.3. The highest BCUT2D eigenvalue weighted by Crippen LogP contribution is 2.60. The van der Waals surface area contributed by atoms with E-state index in [4.69, 9.17) is 9.47 Å². The van der Waals surface area contributed by atoms with Crippen LogP contribution in [0.25, 0.3) is 0 Å². The molecule has 280 valence electrons. The van der Waals surface area contributed by atoms with Crippen molar-refractivity contribution in [3.8, 4) is 0 Å². The largest absolute Gasteiger partial charge is 0.455 e. The van der Waals surface area contributed by atoms with Gasteiger partial charge in [0, 0.05) is 55.4 Å². The van der Waals surface area contributed by atoms with Gasteiger partial charge in [-0.05, 0) is 69.9 Å². The van der Waals surface area contributed by atoms with Crippen LogP contribution in [0, 0.1) is 11.8 Å². The number of fused-ring (bicyclic) bond motifs is 1. The van der Waals surface area contributed by atoms with Crippen molar-refractivity contribution in [2.45, 2.75) is 81.2 Å². The van der Waals surface area contributed by atoms with Crippen molar-refractivity contribution in [1.29, 1.82) is 0 Å². The lowest BCUT2D eigenvalue weighted by molar-refractivity contribution is -0.162. The molecule has 3 fully saturated rings. The maximum absolute atomic E-state index is 14.9. The van der Waals surface area contributed by atoms with E-state index in [0.29, 0.717) is 24.1 Å². The lowest BCUT2D eigenvalue weighted by Gasteiger charge is -2.37. The smallest absolute Gasteiger partial charge is 0.313 e. The molecule has 11 nitrogen and oxygen atoms in total. The Kier molecular flexibility index (Phi) is 13.0. The summed E-state index contributed by atoms with van der Waals surface area (Å²) in [7, 11) is 0. The van der Waals surface area contributed by atoms with Crippen LogP contribution in [0.15, 0.2) is 79.9 Å². The Morgan fingerprint density at radius 3 is 2.38 bits per heavy atom.